The van der Waals surface area contributed by atoms with Crippen molar-refractivity contribution >= 4 is 69.4 Å². The Balaban J connectivity index is 0.000000203. The first kappa shape index (κ1) is 74.3. The fraction of sp³-hybridized carbons (Fsp3) is 0.529. The van der Waals surface area contributed by atoms with Crippen molar-refractivity contribution in [3.05, 3.63) is 128 Å². The van der Waals surface area contributed by atoms with Gasteiger partial charge >= 0.3 is 17.3 Å². The molecule has 6 aromatic rings. The zero-order valence-electron chi connectivity index (χ0n) is 54.1. The minimum Gasteiger partial charge on any atom is -1.00 e. The van der Waals surface area contributed by atoms with Crippen LogP contribution in [-0.2, 0) is 19.1 Å². The molecule has 0 unspecified atom stereocenters. The zero-order chi connectivity index (χ0) is 66.0. The van der Waals surface area contributed by atoms with Crippen LogP contribution in [0.2, 0.25) is 0 Å². The second-order valence-corrected chi connectivity index (χ2v) is 28.2. The normalized spacial score (nSPS) is 27.2. The Bertz CT molecular complexity index is 3620. The number of hydrogen-bond donors (Lipinski definition) is 9. The van der Waals surface area contributed by atoms with E-state index in [-0.39, 0.29) is 103 Å². The molecular weight excluding hydrogens is 1300 g/mol. The van der Waals surface area contributed by atoms with E-state index in [1.807, 2.05) is 82.6 Å². The number of hydrogen-bond acceptors (Lipinski definition) is 17. The third kappa shape index (κ3) is 18.2. The molecule has 10 N–H and O–H groups in total. The number of carboxylic acids is 1. The number of amides is 3. The summed E-state index contributed by atoms with van der Waals surface area (Å²) in [7, 11) is 4.36. The maximum atomic E-state index is 14.4. The lowest BCUT2D eigenvalue weighted by Gasteiger charge is -2.38. The molecule has 3 amide bonds. The van der Waals surface area contributed by atoms with Gasteiger partial charge in [-0.1, -0.05) is 74.5 Å². The molecule has 0 radical (unpaired) electrons. The van der Waals surface area contributed by atoms with E-state index in [4.69, 9.17) is 20.3 Å². The number of quaternary nitrogens is 2. The molecule has 4 aliphatic heterocycles. The van der Waals surface area contributed by atoms with E-state index in [2.05, 4.69) is 43.2 Å². The number of carboxylic acid groups (broad SMARTS) is 1. The number of aromatic nitrogens is 4. The van der Waals surface area contributed by atoms with Crippen molar-refractivity contribution in [2.75, 3.05) is 74.3 Å². The Morgan fingerprint density at radius 3 is 1.39 bits per heavy atom. The summed E-state index contributed by atoms with van der Waals surface area (Å²) in [6, 6.07) is 26.7. The van der Waals surface area contributed by atoms with Crippen molar-refractivity contribution in [3.8, 4) is 20.9 Å². The van der Waals surface area contributed by atoms with Crippen molar-refractivity contribution in [3.63, 3.8) is 0 Å². The number of aliphatic hydroxyl groups is 4. The number of thiophene rings is 2. The van der Waals surface area contributed by atoms with Crippen LogP contribution in [0.25, 0.3) is 20.9 Å². The number of likely N-dealkylation sites (tertiary alicyclic amines) is 2. The number of carbonyl (C=O) groups is 4. The molecule has 0 spiro atoms. The van der Waals surface area contributed by atoms with E-state index < -0.39 is 60.1 Å². The van der Waals surface area contributed by atoms with Gasteiger partial charge in [-0.2, -0.15) is 9.97 Å². The van der Waals surface area contributed by atoms with Gasteiger partial charge in [0.2, 0.25) is 11.8 Å². The van der Waals surface area contributed by atoms with Gasteiger partial charge in [0.25, 0.3) is 5.91 Å². The molecule has 27 heteroatoms. The van der Waals surface area contributed by atoms with Crippen LogP contribution in [0, 0.1) is 23.7 Å². The summed E-state index contributed by atoms with van der Waals surface area (Å²) in [6.45, 7) is 7.78. The minimum absolute atomic E-state index is 0. The van der Waals surface area contributed by atoms with Crippen LogP contribution < -0.4 is 66.8 Å². The Hall–Kier alpha value is -6.46. The van der Waals surface area contributed by atoms with Gasteiger partial charge in [0.1, 0.15) is 46.1 Å². The lowest BCUT2D eigenvalue weighted by atomic mass is 9.82. The average molecular weight is 1390 g/mol. The molecule has 6 atom stereocenters. The smallest absolute Gasteiger partial charge is 0.351 e. The van der Waals surface area contributed by atoms with Crippen LogP contribution in [0.3, 0.4) is 0 Å². The van der Waals surface area contributed by atoms with Crippen molar-refractivity contribution in [1.29, 1.82) is 0 Å². The molecule has 95 heavy (non-hydrogen) atoms. The second kappa shape index (κ2) is 34.2. The van der Waals surface area contributed by atoms with E-state index in [1.165, 1.54) is 66.1 Å². The summed E-state index contributed by atoms with van der Waals surface area (Å²) in [5, 5.41) is 50.8. The number of rotatable bonds is 15. The molecule has 4 aromatic heterocycles. The molecule has 2 aromatic carbocycles. The van der Waals surface area contributed by atoms with Gasteiger partial charge in [-0.25, -0.2) is 14.4 Å². The summed E-state index contributed by atoms with van der Waals surface area (Å²) < 4.78 is 13.4. The van der Waals surface area contributed by atoms with Crippen LogP contribution in [0.5, 0.6) is 0 Å². The van der Waals surface area contributed by atoms with E-state index >= 15 is 0 Å². The molecule has 12 rings (SSSR count). The first-order valence-corrected chi connectivity index (χ1v) is 34.4. The summed E-state index contributed by atoms with van der Waals surface area (Å²) >= 11 is 2.61. The molecule has 516 valence electrons. The van der Waals surface area contributed by atoms with Crippen molar-refractivity contribution in [1.82, 2.24) is 19.1 Å². The van der Waals surface area contributed by atoms with Gasteiger partial charge in [-0.05, 0) is 98.6 Å². The number of nitrogens with zero attached hydrogens (tertiary/aromatic N) is 6. The maximum absolute atomic E-state index is 14.4. The number of nitrogen functional groups attached to an aromatic ring is 1. The summed E-state index contributed by atoms with van der Waals surface area (Å²) in [5.74, 6) is 0.277. The third-order valence-electron chi connectivity index (χ3n) is 19.3. The van der Waals surface area contributed by atoms with Crippen molar-refractivity contribution < 1.29 is 88.8 Å². The summed E-state index contributed by atoms with van der Waals surface area (Å²) in [5.41, 5.74) is 7.34. The van der Waals surface area contributed by atoms with Crippen LogP contribution in [0.1, 0.15) is 136 Å². The molecule has 0 bridgehead atoms. The number of benzene rings is 2. The number of aromatic carboxylic acids is 1. The lowest BCUT2D eigenvalue weighted by molar-refractivity contribution is -0.884. The number of piperidine rings is 2. The highest BCUT2D eigenvalue weighted by Gasteiger charge is 2.41. The summed E-state index contributed by atoms with van der Waals surface area (Å²) in [6.07, 6.45) is 10.1. The monoisotopic (exact) mass is 1390 g/mol. The van der Waals surface area contributed by atoms with Gasteiger partial charge in [0, 0.05) is 84.6 Å². The fourth-order valence-corrected chi connectivity index (χ4v) is 15.7. The van der Waals surface area contributed by atoms with Gasteiger partial charge < -0.3 is 90.5 Å². The van der Waals surface area contributed by atoms with Gasteiger partial charge in [-0.15, -0.1) is 22.7 Å². The summed E-state index contributed by atoms with van der Waals surface area (Å²) in [4.78, 5) is 95.8. The fourth-order valence-electron chi connectivity index (χ4n) is 13.7. The number of nitrogens with one attached hydrogen (secondary N) is 3. The molecule has 2 saturated carbocycles. The standard InChI is InChI=1S/C34H43N5O6S.C25H32N2O3S.C9H13N3O4.2ClH/c1-21-8-10-23(11-9-21)33(43)39(24-12-15-37(2)16-13-24)25-18-28(22-6-4-3-5-7-22)46-31(25)32(42)35-29-14-17-38(34(44)36-29)30-19-26(41)27(20-40)45-30;1-17-8-10-19(11-9-17)24(28)27(20-12-14-26(2)15-13-20)21-16-22(31-23(21)25(29)30)18-6-4-3-5-7-18;10-7-1-2-12(9(15)11-7)8-3-5(14)6(4-13)16-8;;/h3-7,14,17-18,21,23-24,26-27,30,40-41H,8-13,15-16,19-20H2,1-2H3,(H,35,36,42,44);3-7,16-17,19-20H,8-15H2,1-2H3,(H,29,30);1-2,5-6,8,13-14H,3-4H2,(H2,10,11,15);2*1H/t21?,23?,26-,27+,30+;;5-,6+,8+;;/m0.0../s1. The molecule has 2 aliphatic carbocycles. The molecule has 4 saturated heterocycles. The van der Waals surface area contributed by atoms with Crippen LogP contribution >= 0.6 is 22.7 Å². The third-order valence-corrected chi connectivity index (χ3v) is 21.7. The second-order valence-electron chi connectivity index (χ2n) is 26.1. The highest BCUT2D eigenvalue weighted by molar-refractivity contribution is 7.18. The quantitative estimate of drug-likeness (QED) is 0.0604. The number of halogens is 2. The number of aliphatic hydroxyl groups excluding tert-OH is 4. The van der Waals surface area contributed by atoms with E-state index in [0.717, 1.165) is 124 Å². The first-order chi connectivity index (χ1) is 44.8. The number of nitrogens with two attached hydrogens (primary N) is 1. The largest absolute Gasteiger partial charge is 1.00 e. The van der Waals surface area contributed by atoms with Crippen LogP contribution in [0.4, 0.5) is 23.0 Å². The van der Waals surface area contributed by atoms with Crippen LogP contribution in [0.15, 0.2) is 107 Å². The Kier molecular flexibility index (Phi) is 26.7. The van der Waals surface area contributed by atoms with E-state index in [9.17, 15) is 49.2 Å². The maximum Gasteiger partial charge on any atom is 0.351 e. The van der Waals surface area contributed by atoms with E-state index in [1.54, 1.807) is 0 Å². The van der Waals surface area contributed by atoms with E-state index in [0.29, 0.717) is 28.1 Å². The van der Waals surface area contributed by atoms with Gasteiger partial charge in [-0.3, -0.25) is 23.5 Å². The minimum atomic E-state index is -0.948. The number of carbonyl (C=O) groups excluding carboxylic acids is 3. The molecule has 6 aliphatic rings. The Labute approximate surface area is 573 Å². The molecule has 8 heterocycles. The lowest BCUT2D eigenvalue weighted by Crippen LogP contribution is -3.10. The number of anilines is 4. The highest BCUT2D eigenvalue weighted by Crippen LogP contribution is 2.43. The van der Waals surface area contributed by atoms with Crippen molar-refractivity contribution in [2.24, 2.45) is 23.7 Å². The predicted molar refractivity (Wildman–Crippen MR) is 356 cm³/mol. The average Bonchev–Trinajstić information content (AvgIpc) is 1.69. The highest BCUT2D eigenvalue weighted by atomic mass is 35.5. The molecule has 23 nitrogen and oxygen atoms in total. The Morgan fingerprint density at radius 2 is 1.00 bits per heavy atom. The van der Waals surface area contributed by atoms with Gasteiger partial charge in [0.05, 0.1) is 77.1 Å². The van der Waals surface area contributed by atoms with Crippen molar-refractivity contribution in [2.45, 2.75) is 153 Å². The zero-order valence-corrected chi connectivity index (χ0v) is 57.3. The van der Waals surface area contributed by atoms with Crippen LogP contribution in [-0.4, -0.2) is 158 Å². The number of ether oxygens (including phenoxy) is 2. The SMILES string of the molecule is CC1CCC(C(=O)N(c2cc(-c3ccccc3)sc2C(=O)Nc2ccn([C@H]3C[C@H](O)[C@@H](CO)O3)c(=O)n2)C2CC[NH+](C)CC2)CC1.CC1CCC(C(=O)N(c2cc(-c3ccccc3)sc2C(=O)O)C2CC[NH+](C)CC2)CC1.Nc1ccn([C@H]2C[C@H](O)[C@@H](CO)O2)c(=O)n1.[Cl-].[Cl-]. The Morgan fingerprint density at radius 1 is 0.600 bits per heavy atom. The first-order valence-electron chi connectivity index (χ1n) is 32.8. The molecule has 6 fully saturated rings. The topological polar surface area (TPSA) is 311 Å². The predicted octanol–water partition coefficient (Wildman–Crippen LogP) is -0.875. The van der Waals surface area contributed by atoms with Gasteiger partial charge in [0.15, 0.2) is 0 Å². The molecular formula is C68H90Cl2N10O13S2.